The minimum atomic E-state index is -4.80. The monoisotopic (exact) mass is 1030 g/mol. The molecule has 1 aromatic heterocycles. The van der Waals surface area contributed by atoms with Crippen LogP contribution in [0.3, 0.4) is 0 Å². The molecule has 0 radical (unpaired) electrons. The zero-order valence-corrected chi connectivity index (χ0v) is 42.9. The Hall–Kier alpha value is -5.98. The number of hydrogen-bond acceptors (Lipinski definition) is 12. The summed E-state index contributed by atoms with van der Waals surface area (Å²) in [6.45, 7) is 14.4. The molecule has 20 heteroatoms. The Labute approximate surface area is 427 Å². The van der Waals surface area contributed by atoms with Gasteiger partial charge in [0.25, 0.3) is 5.91 Å². The quantitative estimate of drug-likeness (QED) is 0.0715. The molecule has 1 unspecified atom stereocenters. The van der Waals surface area contributed by atoms with E-state index in [2.05, 4.69) is 20.5 Å². The van der Waals surface area contributed by atoms with E-state index in [0.29, 0.717) is 37.1 Å². The number of benzene rings is 3. The van der Waals surface area contributed by atoms with E-state index in [-0.39, 0.29) is 55.2 Å². The lowest BCUT2D eigenvalue weighted by Gasteiger charge is -2.35. The summed E-state index contributed by atoms with van der Waals surface area (Å²) in [6.07, 6.45) is -3.74. The van der Waals surface area contributed by atoms with Crippen LogP contribution in [0.1, 0.15) is 82.7 Å². The van der Waals surface area contributed by atoms with Crippen LogP contribution < -0.4 is 25.2 Å². The van der Waals surface area contributed by atoms with Crippen LogP contribution in [0.25, 0.3) is 10.4 Å². The third-order valence-corrected chi connectivity index (χ3v) is 14.7. The van der Waals surface area contributed by atoms with E-state index < -0.39 is 58.3 Å². The van der Waals surface area contributed by atoms with Crippen molar-refractivity contribution in [1.29, 1.82) is 5.26 Å². The summed E-state index contributed by atoms with van der Waals surface area (Å²) in [5.74, 6) is -0.742. The Morgan fingerprint density at radius 1 is 1.01 bits per heavy atom. The molecule has 0 saturated carbocycles. The molecule has 0 spiro atoms. The molecule has 3 fully saturated rings. The first-order valence-electron chi connectivity index (χ1n) is 23.9. The van der Waals surface area contributed by atoms with Gasteiger partial charge in [-0.25, -0.2) is 4.98 Å². The summed E-state index contributed by atoms with van der Waals surface area (Å²) < 4.78 is 53.3. The van der Waals surface area contributed by atoms with Crippen molar-refractivity contribution in [2.24, 2.45) is 11.3 Å². The molecule has 3 aromatic carbocycles. The Kier molecular flexibility index (Phi) is 16.8. The van der Waals surface area contributed by atoms with Crippen molar-refractivity contribution in [1.82, 2.24) is 25.4 Å². The molecule has 4 heterocycles. The molecule has 3 saturated heterocycles. The number of aryl methyl sites for hydroxylation is 1. The average Bonchev–Trinajstić information content (AvgIpc) is 4.01. The SMILES string of the molecule is Cc1ncsc1-c1ccc(CNC(=O)[C@@H]2C[C@@H](O)CN2C(=O)C(NC(=O)CCOCCN2CCC(COc3ccc(N4C(=S)N(c5ccc(C#N)c(C(F)(F)F)c5)C(=O)C4(C)C)cc3)CC2)C(C)(C)C)cc1. The highest BCUT2D eigenvalue weighted by atomic mass is 32.1. The average molecular weight is 1030 g/mol. The smallest absolute Gasteiger partial charge is 0.417 e. The number of carbonyl (C=O) groups is 4. The Balaban J connectivity index is 0.810. The molecule has 72 heavy (non-hydrogen) atoms. The summed E-state index contributed by atoms with van der Waals surface area (Å²) in [5.41, 5.74) is 1.56. The van der Waals surface area contributed by atoms with Crippen molar-refractivity contribution in [3.05, 3.63) is 94.6 Å². The zero-order valence-electron chi connectivity index (χ0n) is 41.3. The third kappa shape index (κ3) is 12.4. The van der Waals surface area contributed by atoms with Gasteiger partial charge in [-0.1, -0.05) is 45.0 Å². The number of likely N-dealkylation sites (tertiary alicyclic amines) is 2. The summed E-state index contributed by atoms with van der Waals surface area (Å²) in [6, 6.07) is 17.7. The molecule has 0 aliphatic carbocycles. The van der Waals surface area contributed by atoms with E-state index in [1.165, 1.54) is 11.0 Å². The molecule has 4 amide bonds. The standard InChI is InChI=1S/C52H61F3N8O7S2/c1-32-44(72-31-58-32)35-9-7-33(8-10-35)28-57-46(66)42-26-39(64)29-61(42)47(67)45(50(2,3)4)59-43(65)19-23-69-24-22-60-20-17-34(18-21-60)30-70-40-15-13-37(14-16-40)63-49(71)62(48(68)51(63,5)6)38-12-11-36(27-56)41(25-38)52(53,54)55/h7-16,25,31,34,39,42,45,64H,17-24,26,28-30H2,1-6H3,(H,57,66)(H,59,65)/t39-,42+,45?/m1/s1. The fourth-order valence-corrected chi connectivity index (χ4v) is 10.5. The number of halogens is 3. The second-order valence-corrected chi connectivity index (χ2v) is 21.3. The van der Waals surface area contributed by atoms with E-state index in [4.69, 9.17) is 21.7 Å². The first kappa shape index (κ1) is 53.8. The maximum absolute atomic E-state index is 14.0. The van der Waals surface area contributed by atoms with Crippen LogP contribution in [-0.4, -0.2) is 118 Å². The van der Waals surface area contributed by atoms with Crippen LogP contribution in [0.5, 0.6) is 5.75 Å². The van der Waals surface area contributed by atoms with Gasteiger partial charge in [0.05, 0.1) is 64.9 Å². The molecule has 4 aromatic rings. The van der Waals surface area contributed by atoms with Crippen LogP contribution in [0.2, 0.25) is 0 Å². The summed E-state index contributed by atoms with van der Waals surface area (Å²) in [4.78, 5) is 66.0. The van der Waals surface area contributed by atoms with E-state index in [1.807, 2.05) is 52.0 Å². The molecular formula is C52H61F3N8O7S2. The van der Waals surface area contributed by atoms with Gasteiger partial charge in [-0.2, -0.15) is 18.4 Å². The van der Waals surface area contributed by atoms with Crippen LogP contribution in [0, 0.1) is 29.6 Å². The number of thiazole rings is 1. The minimum Gasteiger partial charge on any atom is -0.493 e. The number of aromatic nitrogens is 1. The first-order valence-corrected chi connectivity index (χ1v) is 25.2. The number of β-amino-alcohol motifs (C(OH)–C–C–N with tert-alkyl or cyclic N) is 1. The largest absolute Gasteiger partial charge is 0.493 e. The van der Waals surface area contributed by atoms with Gasteiger partial charge in [0.15, 0.2) is 5.11 Å². The predicted octanol–water partition coefficient (Wildman–Crippen LogP) is 7.23. The van der Waals surface area contributed by atoms with Gasteiger partial charge in [-0.05, 0) is 124 Å². The molecule has 15 nitrogen and oxygen atoms in total. The molecule has 7 rings (SSSR count). The van der Waals surface area contributed by atoms with Crippen LogP contribution >= 0.6 is 23.6 Å². The van der Waals surface area contributed by atoms with Gasteiger partial charge < -0.3 is 39.9 Å². The Bertz CT molecular complexity index is 2660. The topological polar surface area (TPSA) is 181 Å². The predicted molar refractivity (Wildman–Crippen MR) is 271 cm³/mol. The highest BCUT2D eigenvalue weighted by Gasteiger charge is 2.51. The number of nitrogens with zero attached hydrogens (tertiary/aromatic N) is 6. The number of amides is 4. The normalized spacial score (nSPS) is 19.1. The second-order valence-electron chi connectivity index (χ2n) is 20.1. The van der Waals surface area contributed by atoms with Crippen molar-refractivity contribution in [2.75, 3.05) is 55.8 Å². The summed E-state index contributed by atoms with van der Waals surface area (Å²) >= 11 is 7.23. The van der Waals surface area contributed by atoms with Crippen molar-refractivity contribution in [2.45, 2.75) is 104 Å². The highest BCUT2D eigenvalue weighted by molar-refractivity contribution is 7.81. The number of anilines is 2. The first-order chi connectivity index (χ1) is 34.1. The maximum Gasteiger partial charge on any atom is 0.417 e. The number of rotatable bonds is 17. The Morgan fingerprint density at radius 3 is 2.32 bits per heavy atom. The van der Waals surface area contributed by atoms with Crippen LogP contribution in [0.15, 0.2) is 72.2 Å². The number of carbonyl (C=O) groups excluding carboxylic acids is 4. The molecule has 0 bridgehead atoms. The van der Waals surface area contributed by atoms with E-state index in [1.54, 1.807) is 65.9 Å². The van der Waals surface area contributed by atoms with E-state index in [9.17, 15) is 42.7 Å². The lowest BCUT2D eigenvalue weighted by Crippen LogP contribution is -2.57. The van der Waals surface area contributed by atoms with E-state index in [0.717, 1.165) is 64.7 Å². The number of ether oxygens (including phenoxy) is 2. The van der Waals surface area contributed by atoms with Crippen molar-refractivity contribution >= 4 is 63.7 Å². The third-order valence-electron chi connectivity index (χ3n) is 13.4. The van der Waals surface area contributed by atoms with Gasteiger partial charge in [0.2, 0.25) is 17.7 Å². The van der Waals surface area contributed by atoms with Gasteiger partial charge in [0, 0.05) is 38.2 Å². The van der Waals surface area contributed by atoms with Crippen molar-refractivity contribution < 1.29 is 46.9 Å². The number of hydrogen-bond donors (Lipinski definition) is 3. The number of aliphatic hydroxyl groups is 1. The molecule has 3 aliphatic heterocycles. The highest BCUT2D eigenvalue weighted by Crippen LogP contribution is 2.40. The number of nitrogens with one attached hydrogen (secondary N) is 2. The van der Waals surface area contributed by atoms with Gasteiger partial charge in [0.1, 0.15) is 23.4 Å². The molecule has 3 atom stereocenters. The van der Waals surface area contributed by atoms with Gasteiger partial charge >= 0.3 is 6.18 Å². The van der Waals surface area contributed by atoms with Crippen molar-refractivity contribution in [3.63, 3.8) is 0 Å². The molecular weight excluding hydrogens is 970 g/mol. The number of aliphatic hydroxyl groups excluding tert-OH is 1. The fourth-order valence-electron chi connectivity index (χ4n) is 9.22. The number of nitriles is 1. The van der Waals surface area contributed by atoms with E-state index >= 15 is 0 Å². The van der Waals surface area contributed by atoms with Crippen LogP contribution in [0.4, 0.5) is 24.5 Å². The number of alkyl halides is 3. The lowest BCUT2D eigenvalue weighted by atomic mass is 9.85. The molecule has 384 valence electrons. The second kappa shape index (κ2) is 22.4. The number of thiocarbonyl (C=S) groups is 1. The summed E-state index contributed by atoms with van der Waals surface area (Å²) in [7, 11) is 0. The molecule has 3 aliphatic rings. The molecule has 3 N–H and O–H groups in total. The zero-order chi connectivity index (χ0) is 52.1. The Morgan fingerprint density at radius 2 is 1.69 bits per heavy atom. The number of piperidine rings is 1. The van der Waals surface area contributed by atoms with Gasteiger partial charge in [-0.3, -0.25) is 24.1 Å². The lowest BCUT2D eigenvalue weighted by molar-refractivity contribution is -0.144. The minimum absolute atomic E-state index is 0.00760. The maximum atomic E-state index is 14.0. The van der Waals surface area contributed by atoms with Crippen molar-refractivity contribution in [3.8, 4) is 22.3 Å². The fraction of sp³-hybridized carbons (Fsp3) is 0.481. The van der Waals surface area contributed by atoms with Crippen LogP contribution in [-0.2, 0) is 36.6 Å². The summed E-state index contributed by atoms with van der Waals surface area (Å²) in [5, 5.41) is 25.6. The van der Waals surface area contributed by atoms with Gasteiger partial charge in [-0.15, -0.1) is 11.3 Å².